The molecular formula is C38H48N4O4. The number of hydrogen-bond donors (Lipinski definition) is 1. The number of unbranched alkanes of at least 4 members (excludes halogenated alkanes) is 5. The Morgan fingerprint density at radius 3 is 1.98 bits per heavy atom. The lowest BCUT2D eigenvalue weighted by Crippen LogP contribution is -2.38. The number of piperidine rings is 1. The number of benzene rings is 3. The van der Waals surface area contributed by atoms with E-state index in [1.165, 1.54) is 43.4 Å². The van der Waals surface area contributed by atoms with Gasteiger partial charge in [0.15, 0.2) is 0 Å². The summed E-state index contributed by atoms with van der Waals surface area (Å²) in [6, 6.07) is 25.0. The second-order valence-corrected chi connectivity index (χ2v) is 12.6. The van der Waals surface area contributed by atoms with E-state index in [0.29, 0.717) is 17.7 Å². The fourth-order valence-corrected chi connectivity index (χ4v) is 6.48. The fourth-order valence-electron chi connectivity index (χ4n) is 6.48. The maximum Gasteiger partial charge on any atom is 0.411 e. The molecule has 1 saturated heterocycles. The minimum Gasteiger partial charge on any atom is -0.446 e. The number of likely N-dealkylation sites (tertiary alicyclic amines) is 1. The van der Waals surface area contributed by atoms with Gasteiger partial charge in [0.25, 0.3) is 11.8 Å². The Morgan fingerprint density at radius 1 is 0.717 bits per heavy atom. The zero-order valence-electron chi connectivity index (χ0n) is 27.2. The molecule has 0 unspecified atom stereocenters. The van der Waals surface area contributed by atoms with Crippen LogP contribution in [0.15, 0.2) is 78.9 Å². The highest BCUT2D eigenvalue weighted by Gasteiger charge is 2.34. The van der Waals surface area contributed by atoms with Crippen molar-refractivity contribution in [2.45, 2.75) is 63.9 Å². The van der Waals surface area contributed by atoms with Crippen molar-refractivity contribution < 1.29 is 19.1 Å². The van der Waals surface area contributed by atoms with E-state index < -0.39 is 0 Å². The number of anilines is 1. The van der Waals surface area contributed by atoms with Crippen molar-refractivity contribution in [1.29, 1.82) is 0 Å². The van der Waals surface area contributed by atoms with E-state index in [2.05, 4.69) is 22.2 Å². The smallest absolute Gasteiger partial charge is 0.411 e. The predicted octanol–water partition coefficient (Wildman–Crippen LogP) is 7.33. The van der Waals surface area contributed by atoms with E-state index in [0.717, 1.165) is 68.8 Å². The molecule has 5 rings (SSSR count). The lowest BCUT2D eigenvalue weighted by molar-refractivity contribution is 0.0583. The van der Waals surface area contributed by atoms with Gasteiger partial charge >= 0.3 is 6.09 Å². The second kappa shape index (κ2) is 17.1. The summed E-state index contributed by atoms with van der Waals surface area (Å²) in [5.74, 6) is -0.327. The molecule has 3 aromatic rings. The Labute approximate surface area is 273 Å². The number of para-hydroxylation sites is 1. The Kier molecular flexibility index (Phi) is 12.4. The van der Waals surface area contributed by atoms with E-state index in [1.807, 2.05) is 54.6 Å². The molecule has 0 aromatic heterocycles. The van der Waals surface area contributed by atoms with Crippen molar-refractivity contribution in [2.24, 2.45) is 0 Å². The minimum atomic E-state index is -0.380. The summed E-state index contributed by atoms with van der Waals surface area (Å²) >= 11 is 0. The van der Waals surface area contributed by atoms with Crippen LogP contribution in [0.3, 0.4) is 0 Å². The van der Waals surface area contributed by atoms with Gasteiger partial charge in [-0.2, -0.15) is 0 Å². The number of nitrogens with zero attached hydrogens (tertiary/aromatic N) is 3. The Morgan fingerprint density at radius 2 is 1.28 bits per heavy atom. The molecule has 0 spiro atoms. The first-order valence-corrected chi connectivity index (χ1v) is 17.0. The predicted molar refractivity (Wildman–Crippen MR) is 183 cm³/mol. The molecule has 2 heterocycles. The highest BCUT2D eigenvalue weighted by Crippen LogP contribution is 2.28. The van der Waals surface area contributed by atoms with Crippen molar-refractivity contribution in [3.05, 3.63) is 90.0 Å². The first-order chi connectivity index (χ1) is 22.5. The Hall–Kier alpha value is -4.01. The molecule has 1 N–H and O–H groups in total. The van der Waals surface area contributed by atoms with E-state index in [1.54, 1.807) is 24.3 Å². The minimum absolute atomic E-state index is 0.0411. The summed E-state index contributed by atoms with van der Waals surface area (Å²) in [6.45, 7) is 5.44. The van der Waals surface area contributed by atoms with Crippen LogP contribution in [-0.4, -0.2) is 85.0 Å². The standard InChI is InChI=1S/C38H48N4O4/c1-40(25-15-27-42-36(43)33-19-9-10-20-34(33)37(42)44)24-13-4-2-3-5-14-26-41-28-22-31(23-29-41)46-38(45)39-35-21-12-11-18-32(35)30-16-7-6-8-17-30/h6-12,16-21,31H,2-5,13-15,22-29H2,1H3,(H,39,45). The number of ether oxygens (including phenoxy) is 1. The average molecular weight is 625 g/mol. The van der Waals surface area contributed by atoms with Crippen molar-refractivity contribution in [2.75, 3.05) is 51.6 Å². The van der Waals surface area contributed by atoms with Gasteiger partial charge < -0.3 is 14.5 Å². The van der Waals surface area contributed by atoms with Crippen LogP contribution >= 0.6 is 0 Å². The molecule has 2 aliphatic heterocycles. The molecule has 0 aliphatic carbocycles. The number of rotatable bonds is 16. The molecular weight excluding hydrogens is 576 g/mol. The number of carbonyl (C=O) groups is 3. The van der Waals surface area contributed by atoms with Gasteiger partial charge in [-0.3, -0.25) is 19.8 Å². The summed E-state index contributed by atoms with van der Waals surface area (Å²) < 4.78 is 5.79. The second-order valence-electron chi connectivity index (χ2n) is 12.6. The normalized spacial score (nSPS) is 15.4. The average Bonchev–Trinajstić information content (AvgIpc) is 3.32. The van der Waals surface area contributed by atoms with Gasteiger partial charge in [-0.05, 0) is 82.5 Å². The lowest BCUT2D eigenvalue weighted by atomic mass is 10.0. The van der Waals surface area contributed by atoms with E-state index in [-0.39, 0.29) is 24.0 Å². The summed E-state index contributed by atoms with van der Waals surface area (Å²) in [6.07, 6.45) is 9.48. The van der Waals surface area contributed by atoms with Crippen molar-refractivity contribution in [1.82, 2.24) is 14.7 Å². The first kappa shape index (κ1) is 33.4. The number of fused-ring (bicyclic) bond motifs is 1. The molecule has 2 aliphatic rings. The summed E-state index contributed by atoms with van der Waals surface area (Å²) in [7, 11) is 2.12. The van der Waals surface area contributed by atoms with Crippen molar-refractivity contribution >= 4 is 23.6 Å². The lowest BCUT2D eigenvalue weighted by Gasteiger charge is -2.31. The van der Waals surface area contributed by atoms with E-state index in [9.17, 15) is 14.4 Å². The van der Waals surface area contributed by atoms with Crippen LogP contribution in [0.1, 0.15) is 78.5 Å². The van der Waals surface area contributed by atoms with Crippen LogP contribution in [0, 0.1) is 0 Å². The maximum absolute atomic E-state index is 12.7. The highest BCUT2D eigenvalue weighted by molar-refractivity contribution is 6.21. The molecule has 46 heavy (non-hydrogen) atoms. The van der Waals surface area contributed by atoms with Crippen LogP contribution in [0.4, 0.5) is 10.5 Å². The third-order valence-corrected chi connectivity index (χ3v) is 9.12. The van der Waals surface area contributed by atoms with Crippen LogP contribution in [0.5, 0.6) is 0 Å². The molecule has 0 atom stereocenters. The van der Waals surface area contributed by atoms with Gasteiger partial charge in [0.1, 0.15) is 6.10 Å². The zero-order chi connectivity index (χ0) is 32.1. The molecule has 0 saturated carbocycles. The van der Waals surface area contributed by atoms with Gasteiger partial charge in [-0.1, -0.05) is 86.3 Å². The number of hydrogen-bond acceptors (Lipinski definition) is 6. The summed E-state index contributed by atoms with van der Waals surface area (Å²) in [4.78, 5) is 43.9. The van der Waals surface area contributed by atoms with Crippen molar-refractivity contribution in [3.63, 3.8) is 0 Å². The van der Waals surface area contributed by atoms with Crippen LogP contribution in [-0.2, 0) is 4.74 Å². The molecule has 1 fully saturated rings. The monoisotopic (exact) mass is 624 g/mol. The van der Waals surface area contributed by atoms with Crippen LogP contribution in [0.2, 0.25) is 0 Å². The molecule has 3 aromatic carbocycles. The third-order valence-electron chi connectivity index (χ3n) is 9.12. The van der Waals surface area contributed by atoms with Crippen LogP contribution in [0.25, 0.3) is 11.1 Å². The van der Waals surface area contributed by atoms with E-state index in [4.69, 9.17) is 4.74 Å². The highest BCUT2D eigenvalue weighted by atomic mass is 16.6. The third kappa shape index (κ3) is 9.27. The van der Waals surface area contributed by atoms with Gasteiger partial charge in [-0.25, -0.2) is 4.79 Å². The molecule has 8 heteroatoms. The largest absolute Gasteiger partial charge is 0.446 e. The Balaban J connectivity index is 0.864. The molecule has 0 bridgehead atoms. The zero-order valence-corrected chi connectivity index (χ0v) is 27.2. The number of imide groups is 1. The number of nitrogens with one attached hydrogen (secondary N) is 1. The molecule has 0 radical (unpaired) electrons. The van der Waals surface area contributed by atoms with Gasteiger partial charge in [0.05, 0.1) is 16.8 Å². The first-order valence-electron chi connectivity index (χ1n) is 17.0. The number of carbonyl (C=O) groups excluding carboxylic acids is 3. The fraction of sp³-hybridized carbons (Fsp3) is 0.447. The summed E-state index contributed by atoms with van der Waals surface area (Å²) in [5.41, 5.74) is 3.86. The summed E-state index contributed by atoms with van der Waals surface area (Å²) in [5, 5.41) is 2.96. The molecule has 244 valence electrons. The molecule has 3 amide bonds. The van der Waals surface area contributed by atoms with Gasteiger partial charge in [0.2, 0.25) is 0 Å². The van der Waals surface area contributed by atoms with Crippen LogP contribution < -0.4 is 5.32 Å². The van der Waals surface area contributed by atoms with E-state index >= 15 is 0 Å². The maximum atomic E-state index is 12.7. The quantitative estimate of drug-likeness (QED) is 0.133. The molecule has 8 nitrogen and oxygen atoms in total. The number of amides is 3. The van der Waals surface area contributed by atoms with Crippen molar-refractivity contribution in [3.8, 4) is 11.1 Å². The van der Waals surface area contributed by atoms with Gasteiger partial charge in [-0.15, -0.1) is 0 Å². The Bertz CT molecular complexity index is 1400. The SMILES string of the molecule is CN(CCCCCCCCN1CCC(OC(=O)Nc2ccccc2-c2ccccc2)CC1)CCCN1C(=O)c2ccccc2C1=O. The van der Waals surface area contributed by atoms with Gasteiger partial charge in [0, 0.05) is 25.2 Å². The topological polar surface area (TPSA) is 82.2 Å².